The molecule has 0 unspecified atom stereocenters. The van der Waals surface area contributed by atoms with E-state index in [9.17, 15) is 0 Å². The van der Waals surface area contributed by atoms with Crippen molar-refractivity contribution in [1.82, 2.24) is 0 Å². The normalized spacial score (nSPS) is 9.93. The first kappa shape index (κ1) is 11.2. The predicted molar refractivity (Wildman–Crippen MR) is 64.2 cm³/mol. The van der Waals surface area contributed by atoms with Gasteiger partial charge in [-0.05, 0) is 19.1 Å². The van der Waals surface area contributed by atoms with Gasteiger partial charge in [-0.2, -0.15) is 0 Å². The monoisotopic (exact) mass is 230 g/mol. The topological polar surface area (TPSA) is 38.0 Å². The lowest BCUT2D eigenvalue weighted by Crippen LogP contribution is -2.03. The maximum absolute atomic E-state index is 5.96. The van der Waals surface area contributed by atoms with Gasteiger partial charge in [0.15, 0.2) is 0 Å². The smallest absolute Gasteiger partial charge is 0.0723 e. The maximum Gasteiger partial charge on any atom is 0.0723 e. The minimum absolute atomic E-state index is 0.524. The van der Waals surface area contributed by atoms with Crippen molar-refractivity contribution in [2.24, 2.45) is 0 Å². The Hall–Kier alpha value is -0.860. The number of nitrogens with one attached hydrogen (secondary N) is 1. The van der Waals surface area contributed by atoms with Gasteiger partial charge in [0.05, 0.1) is 15.7 Å². The molecule has 1 aromatic carbocycles. The molecule has 0 fully saturated rings. The second-order valence-corrected chi connectivity index (χ2v) is 3.98. The zero-order valence-corrected chi connectivity index (χ0v) is 9.41. The molecule has 1 rings (SSSR count). The molecule has 76 valence electrons. The van der Waals surface area contributed by atoms with Crippen LogP contribution in [-0.4, -0.2) is 6.54 Å². The number of anilines is 2. The van der Waals surface area contributed by atoms with Crippen LogP contribution in [0.2, 0.25) is 10.0 Å². The third kappa shape index (κ3) is 2.82. The standard InChI is InChI=1S/C10H12Cl2N2/c1-6(2)5-14-10-8(11)3-7(13)4-9(10)12/h3-4,14H,1,5,13H2,2H3. The molecule has 0 aliphatic rings. The quantitative estimate of drug-likeness (QED) is 0.616. The molecule has 0 bridgehead atoms. The van der Waals surface area contributed by atoms with E-state index in [4.69, 9.17) is 28.9 Å². The average molecular weight is 231 g/mol. The summed E-state index contributed by atoms with van der Waals surface area (Å²) < 4.78 is 0. The largest absolute Gasteiger partial charge is 0.399 e. The molecule has 3 N–H and O–H groups in total. The fourth-order valence-electron chi connectivity index (χ4n) is 1.00. The van der Waals surface area contributed by atoms with Gasteiger partial charge in [0.1, 0.15) is 0 Å². The minimum atomic E-state index is 0.524. The lowest BCUT2D eigenvalue weighted by Gasteiger charge is -2.10. The van der Waals surface area contributed by atoms with E-state index in [0.29, 0.717) is 28.0 Å². The number of benzene rings is 1. The van der Waals surface area contributed by atoms with Crippen LogP contribution in [0.15, 0.2) is 24.3 Å². The number of rotatable bonds is 3. The summed E-state index contributed by atoms with van der Waals surface area (Å²) in [6, 6.07) is 3.32. The van der Waals surface area contributed by atoms with E-state index < -0.39 is 0 Å². The molecular weight excluding hydrogens is 219 g/mol. The van der Waals surface area contributed by atoms with Gasteiger partial charge in [0.25, 0.3) is 0 Å². The van der Waals surface area contributed by atoms with Crippen LogP contribution < -0.4 is 11.1 Å². The molecule has 0 heterocycles. The van der Waals surface area contributed by atoms with E-state index in [-0.39, 0.29) is 0 Å². The van der Waals surface area contributed by atoms with Crippen LogP contribution in [0.3, 0.4) is 0 Å². The summed E-state index contributed by atoms with van der Waals surface area (Å²) in [5.74, 6) is 0. The van der Waals surface area contributed by atoms with E-state index in [1.807, 2.05) is 6.92 Å². The molecule has 0 saturated carbocycles. The van der Waals surface area contributed by atoms with Gasteiger partial charge in [0, 0.05) is 12.2 Å². The molecule has 0 aromatic heterocycles. The Kier molecular flexibility index (Phi) is 3.67. The van der Waals surface area contributed by atoms with Crippen LogP contribution in [0.1, 0.15) is 6.92 Å². The Labute approximate surface area is 93.7 Å². The van der Waals surface area contributed by atoms with Gasteiger partial charge >= 0.3 is 0 Å². The van der Waals surface area contributed by atoms with Crippen LogP contribution in [0, 0.1) is 0 Å². The second kappa shape index (κ2) is 4.58. The van der Waals surface area contributed by atoms with Crippen molar-refractivity contribution in [3.05, 3.63) is 34.3 Å². The lowest BCUT2D eigenvalue weighted by molar-refractivity contribution is 1.22. The van der Waals surface area contributed by atoms with Gasteiger partial charge in [-0.25, -0.2) is 0 Å². The van der Waals surface area contributed by atoms with Gasteiger partial charge < -0.3 is 11.1 Å². The third-order valence-corrected chi connectivity index (χ3v) is 2.23. The maximum atomic E-state index is 5.96. The third-order valence-electron chi connectivity index (χ3n) is 1.63. The van der Waals surface area contributed by atoms with Gasteiger partial charge in [0.2, 0.25) is 0 Å². The molecule has 0 aliphatic heterocycles. The molecular formula is C10H12Cl2N2. The molecule has 14 heavy (non-hydrogen) atoms. The molecule has 0 atom stereocenters. The van der Waals surface area contributed by atoms with Crippen LogP contribution in [0.5, 0.6) is 0 Å². The summed E-state index contributed by atoms with van der Waals surface area (Å²) in [4.78, 5) is 0. The fourth-order valence-corrected chi connectivity index (χ4v) is 1.64. The average Bonchev–Trinajstić information content (AvgIpc) is 2.01. The van der Waals surface area contributed by atoms with Crippen molar-refractivity contribution in [3.63, 3.8) is 0 Å². The van der Waals surface area contributed by atoms with Crippen molar-refractivity contribution in [2.45, 2.75) is 6.92 Å². The highest BCUT2D eigenvalue weighted by atomic mass is 35.5. The van der Waals surface area contributed by atoms with E-state index in [0.717, 1.165) is 5.57 Å². The highest BCUT2D eigenvalue weighted by Gasteiger charge is 2.06. The summed E-state index contributed by atoms with van der Waals surface area (Å²) in [6.07, 6.45) is 0. The summed E-state index contributed by atoms with van der Waals surface area (Å²) in [7, 11) is 0. The molecule has 0 spiro atoms. The van der Waals surface area contributed by atoms with E-state index in [2.05, 4.69) is 11.9 Å². The van der Waals surface area contributed by atoms with Gasteiger partial charge in [-0.15, -0.1) is 0 Å². The highest BCUT2D eigenvalue weighted by molar-refractivity contribution is 6.39. The summed E-state index contributed by atoms with van der Waals surface area (Å²) >= 11 is 11.9. The summed E-state index contributed by atoms with van der Waals surface area (Å²) in [5, 5.41) is 4.14. The van der Waals surface area contributed by atoms with E-state index in [1.54, 1.807) is 12.1 Å². The fraction of sp³-hybridized carbons (Fsp3) is 0.200. The van der Waals surface area contributed by atoms with Crippen LogP contribution in [0.4, 0.5) is 11.4 Å². The van der Waals surface area contributed by atoms with Crippen molar-refractivity contribution < 1.29 is 0 Å². The molecule has 0 aliphatic carbocycles. The Morgan fingerprint density at radius 1 is 1.43 bits per heavy atom. The van der Waals surface area contributed by atoms with Crippen LogP contribution in [-0.2, 0) is 0 Å². The van der Waals surface area contributed by atoms with E-state index in [1.165, 1.54) is 0 Å². The zero-order chi connectivity index (χ0) is 10.7. The minimum Gasteiger partial charge on any atom is -0.399 e. The first-order chi connectivity index (χ1) is 6.50. The molecule has 4 heteroatoms. The second-order valence-electron chi connectivity index (χ2n) is 3.17. The SMILES string of the molecule is C=C(C)CNc1c(Cl)cc(N)cc1Cl. The number of nitrogen functional groups attached to an aromatic ring is 1. The Morgan fingerprint density at radius 2 is 1.93 bits per heavy atom. The first-order valence-electron chi connectivity index (χ1n) is 4.13. The number of nitrogens with two attached hydrogens (primary N) is 1. The zero-order valence-electron chi connectivity index (χ0n) is 7.90. The van der Waals surface area contributed by atoms with Crippen molar-refractivity contribution in [1.29, 1.82) is 0 Å². The van der Waals surface area contributed by atoms with Crippen molar-refractivity contribution in [3.8, 4) is 0 Å². The molecule has 0 amide bonds. The van der Waals surface area contributed by atoms with Crippen LogP contribution in [0.25, 0.3) is 0 Å². The van der Waals surface area contributed by atoms with E-state index >= 15 is 0 Å². The Bertz CT molecular complexity index is 338. The van der Waals surface area contributed by atoms with Crippen molar-refractivity contribution >= 4 is 34.6 Å². The molecule has 1 aromatic rings. The lowest BCUT2D eigenvalue weighted by atomic mass is 10.2. The summed E-state index contributed by atoms with van der Waals surface area (Å²) in [5.41, 5.74) is 7.83. The molecule has 0 radical (unpaired) electrons. The number of halogens is 2. The Morgan fingerprint density at radius 3 is 2.36 bits per heavy atom. The predicted octanol–water partition coefficient (Wildman–Crippen LogP) is 3.56. The highest BCUT2D eigenvalue weighted by Crippen LogP contribution is 2.32. The van der Waals surface area contributed by atoms with Gasteiger partial charge in [-0.3, -0.25) is 0 Å². The molecule has 0 saturated heterocycles. The number of hydrogen-bond acceptors (Lipinski definition) is 2. The van der Waals surface area contributed by atoms with Gasteiger partial charge in [-0.1, -0.05) is 35.4 Å². The molecule has 2 nitrogen and oxygen atoms in total. The van der Waals surface area contributed by atoms with Crippen molar-refractivity contribution in [2.75, 3.05) is 17.6 Å². The number of hydrogen-bond donors (Lipinski definition) is 2. The summed E-state index contributed by atoms with van der Waals surface area (Å²) in [6.45, 7) is 6.34. The van der Waals surface area contributed by atoms with Crippen LogP contribution >= 0.6 is 23.2 Å². The Balaban J connectivity index is 2.91. The first-order valence-corrected chi connectivity index (χ1v) is 4.89.